The number of carbonyl (C=O) groups is 1. The smallest absolute Gasteiger partial charge is 0.251 e. The van der Waals surface area contributed by atoms with Gasteiger partial charge >= 0.3 is 0 Å². The molecule has 0 bridgehead atoms. The third-order valence-corrected chi connectivity index (χ3v) is 2.85. The fraction of sp³-hybridized carbons (Fsp3) is 0.133. The first kappa shape index (κ1) is 13.1. The zero-order valence-corrected chi connectivity index (χ0v) is 10.4. The van der Waals surface area contributed by atoms with E-state index in [0.717, 1.165) is 5.56 Å². The summed E-state index contributed by atoms with van der Waals surface area (Å²) < 4.78 is 12.8. The standard InChI is InChI=1S/C15H15FN2O/c16-9-12-4-1-2-5-13(12)10-18-15(19)11-6-3-7-14(17)8-11/h1-8H,9-10,17H2,(H,18,19). The zero-order valence-electron chi connectivity index (χ0n) is 10.4. The van der Waals surface area contributed by atoms with Gasteiger partial charge in [-0.25, -0.2) is 4.39 Å². The summed E-state index contributed by atoms with van der Waals surface area (Å²) in [6.45, 7) is -0.238. The van der Waals surface area contributed by atoms with E-state index in [0.29, 0.717) is 23.4 Å². The molecule has 2 rings (SSSR count). The van der Waals surface area contributed by atoms with E-state index >= 15 is 0 Å². The maximum atomic E-state index is 12.8. The van der Waals surface area contributed by atoms with Crippen molar-refractivity contribution >= 4 is 11.6 Å². The Morgan fingerprint density at radius 2 is 1.84 bits per heavy atom. The molecule has 19 heavy (non-hydrogen) atoms. The van der Waals surface area contributed by atoms with Gasteiger partial charge < -0.3 is 11.1 Å². The Kier molecular flexibility index (Phi) is 4.13. The number of hydrogen-bond donors (Lipinski definition) is 2. The lowest BCUT2D eigenvalue weighted by Gasteiger charge is -2.08. The first-order valence-corrected chi connectivity index (χ1v) is 5.97. The van der Waals surface area contributed by atoms with Crippen molar-refractivity contribution in [2.24, 2.45) is 0 Å². The van der Waals surface area contributed by atoms with E-state index in [9.17, 15) is 9.18 Å². The van der Waals surface area contributed by atoms with Gasteiger partial charge in [0.1, 0.15) is 6.67 Å². The second-order valence-corrected chi connectivity index (χ2v) is 4.21. The molecule has 0 atom stereocenters. The average molecular weight is 258 g/mol. The lowest BCUT2D eigenvalue weighted by atomic mass is 10.1. The Morgan fingerprint density at radius 3 is 2.53 bits per heavy atom. The highest BCUT2D eigenvalue weighted by Gasteiger charge is 2.07. The number of nitrogens with one attached hydrogen (secondary N) is 1. The van der Waals surface area contributed by atoms with E-state index in [1.54, 1.807) is 42.5 Å². The lowest BCUT2D eigenvalue weighted by molar-refractivity contribution is 0.0951. The number of rotatable bonds is 4. The Hall–Kier alpha value is -2.36. The fourth-order valence-corrected chi connectivity index (χ4v) is 1.82. The van der Waals surface area contributed by atoms with Crippen LogP contribution in [0.25, 0.3) is 0 Å². The highest BCUT2D eigenvalue weighted by Crippen LogP contribution is 2.11. The summed E-state index contributed by atoms with van der Waals surface area (Å²) in [6.07, 6.45) is 0. The Labute approximate surface area is 111 Å². The van der Waals surface area contributed by atoms with Gasteiger partial charge in [-0.3, -0.25) is 4.79 Å². The van der Waals surface area contributed by atoms with Crippen LogP contribution < -0.4 is 11.1 Å². The van der Waals surface area contributed by atoms with Gasteiger partial charge in [-0.15, -0.1) is 0 Å². The summed E-state index contributed by atoms with van der Waals surface area (Å²) in [6, 6.07) is 13.8. The number of nitrogens with two attached hydrogens (primary N) is 1. The predicted octanol–water partition coefficient (Wildman–Crippen LogP) is 2.67. The SMILES string of the molecule is Nc1cccc(C(=O)NCc2ccccc2CF)c1. The van der Waals surface area contributed by atoms with Crippen LogP contribution in [0.4, 0.5) is 10.1 Å². The molecule has 3 nitrogen and oxygen atoms in total. The van der Waals surface area contributed by atoms with E-state index in [4.69, 9.17) is 5.73 Å². The first-order valence-electron chi connectivity index (χ1n) is 5.97. The van der Waals surface area contributed by atoms with Crippen LogP contribution in [0, 0.1) is 0 Å². The van der Waals surface area contributed by atoms with Crippen molar-refractivity contribution in [2.45, 2.75) is 13.2 Å². The molecule has 3 N–H and O–H groups in total. The molecule has 0 aliphatic heterocycles. The molecule has 0 heterocycles. The Bertz CT molecular complexity index is 584. The van der Waals surface area contributed by atoms with Crippen molar-refractivity contribution in [3.8, 4) is 0 Å². The summed E-state index contributed by atoms with van der Waals surface area (Å²) in [5.41, 5.74) is 8.03. The molecule has 0 aliphatic carbocycles. The van der Waals surface area contributed by atoms with Crippen LogP contribution >= 0.6 is 0 Å². The van der Waals surface area contributed by atoms with Crippen molar-refractivity contribution < 1.29 is 9.18 Å². The van der Waals surface area contributed by atoms with Crippen LogP contribution in [0.5, 0.6) is 0 Å². The van der Waals surface area contributed by atoms with Crippen LogP contribution in [-0.2, 0) is 13.2 Å². The second-order valence-electron chi connectivity index (χ2n) is 4.21. The lowest BCUT2D eigenvalue weighted by Crippen LogP contribution is -2.23. The summed E-state index contributed by atoms with van der Waals surface area (Å²) in [7, 11) is 0. The van der Waals surface area contributed by atoms with E-state index in [1.807, 2.05) is 6.07 Å². The number of halogens is 1. The van der Waals surface area contributed by atoms with Crippen molar-refractivity contribution in [3.63, 3.8) is 0 Å². The molecular weight excluding hydrogens is 243 g/mol. The second kappa shape index (κ2) is 6.00. The monoisotopic (exact) mass is 258 g/mol. The van der Waals surface area contributed by atoms with E-state index in [-0.39, 0.29) is 5.91 Å². The topological polar surface area (TPSA) is 55.1 Å². The number of hydrogen-bond acceptors (Lipinski definition) is 2. The third kappa shape index (κ3) is 3.31. The number of anilines is 1. The van der Waals surface area contributed by atoms with Gasteiger partial charge in [-0.05, 0) is 29.3 Å². The maximum Gasteiger partial charge on any atom is 0.251 e. The molecule has 0 radical (unpaired) electrons. The van der Waals surface area contributed by atoms with Crippen molar-refractivity contribution in [1.82, 2.24) is 5.32 Å². The minimum Gasteiger partial charge on any atom is -0.399 e. The normalized spacial score (nSPS) is 10.2. The van der Waals surface area contributed by atoms with Crippen LogP contribution in [0.3, 0.4) is 0 Å². The maximum absolute atomic E-state index is 12.8. The molecule has 0 saturated carbocycles. The van der Waals surface area contributed by atoms with E-state index < -0.39 is 6.67 Å². The number of carbonyl (C=O) groups excluding carboxylic acids is 1. The van der Waals surface area contributed by atoms with Gasteiger partial charge in [0.05, 0.1) is 0 Å². The molecule has 4 heteroatoms. The summed E-state index contributed by atoms with van der Waals surface area (Å²) >= 11 is 0. The van der Waals surface area contributed by atoms with E-state index in [1.165, 1.54) is 0 Å². The highest BCUT2D eigenvalue weighted by molar-refractivity contribution is 5.94. The van der Waals surface area contributed by atoms with Crippen molar-refractivity contribution in [2.75, 3.05) is 5.73 Å². The van der Waals surface area contributed by atoms with Gasteiger partial charge in [0.2, 0.25) is 0 Å². The molecule has 0 aliphatic rings. The molecule has 0 spiro atoms. The first-order chi connectivity index (χ1) is 9.20. The molecule has 0 aromatic heterocycles. The number of amides is 1. The number of nitrogen functional groups attached to an aromatic ring is 1. The summed E-state index contributed by atoms with van der Waals surface area (Å²) in [4.78, 5) is 11.9. The van der Waals surface area contributed by atoms with Crippen LogP contribution in [0.15, 0.2) is 48.5 Å². The van der Waals surface area contributed by atoms with Gasteiger partial charge in [-0.2, -0.15) is 0 Å². The molecule has 2 aromatic carbocycles. The predicted molar refractivity (Wildman–Crippen MR) is 73.3 cm³/mol. The van der Waals surface area contributed by atoms with Gasteiger partial charge in [0.15, 0.2) is 0 Å². The number of benzene rings is 2. The van der Waals surface area contributed by atoms with Crippen LogP contribution in [0.2, 0.25) is 0 Å². The summed E-state index contributed by atoms with van der Waals surface area (Å²) in [5.74, 6) is -0.221. The van der Waals surface area contributed by atoms with Gasteiger partial charge in [0.25, 0.3) is 5.91 Å². The summed E-state index contributed by atoms with van der Waals surface area (Å²) in [5, 5.41) is 2.76. The molecule has 0 fully saturated rings. The van der Waals surface area contributed by atoms with Crippen molar-refractivity contribution in [1.29, 1.82) is 0 Å². The molecule has 0 unspecified atom stereocenters. The molecule has 1 amide bonds. The minimum atomic E-state index is -0.537. The van der Waals surface area contributed by atoms with Crippen molar-refractivity contribution in [3.05, 3.63) is 65.2 Å². The molecule has 98 valence electrons. The Balaban J connectivity index is 2.04. The zero-order chi connectivity index (χ0) is 13.7. The average Bonchev–Trinajstić information content (AvgIpc) is 2.45. The Morgan fingerprint density at radius 1 is 1.11 bits per heavy atom. The fourth-order valence-electron chi connectivity index (χ4n) is 1.82. The highest BCUT2D eigenvalue weighted by atomic mass is 19.1. The quantitative estimate of drug-likeness (QED) is 0.828. The minimum absolute atomic E-state index is 0.221. The van der Waals surface area contributed by atoms with Crippen LogP contribution in [0.1, 0.15) is 21.5 Å². The third-order valence-electron chi connectivity index (χ3n) is 2.85. The molecule has 2 aromatic rings. The van der Waals surface area contributed by atoms with Crippen LogP contribution in [-0.4, -0.2) is 5.91 Å². The largest absolute Gasteiger partial charge is 0.399 e. The van der Waals surface area contributed by atoms with E-state index in [2.05, 4.69) is 5.32 Å². The van der Waals surface area contributed by atoms with Gasteiger partial charge in [0, 0.05) is 17.8 Å². The number of alkyl halides is 1. The molecule has 0 saturated heterocycles. The molecular formula is C15H15FN2O. The van der Waals surface area contributed by atoms with Gasteiger partial charge in [-0.1, -0.05) is 30.3 Å².